The number of rotatable bonds is 10. The van der Waals surface area contributed by atoms with Crippen LogP contribution in [-0.2, 0) is 14.3 Å². The van der Waals surface area contributed by atoms with E-state index >= 15 is 0 Å². The Kier molecular flexibility index (Phi) is 8.48. The van der Waals surface area contributed by atoms with Crippen molar-refractivity contribution in [1.82, 2.24) is 5.32 Å². The van der Waals surface area contributed by atoms with Gasteiger partial charge in [-0.05, 0) is 52.2 Å². The number of unbranched alkanes of at least 4 members (excludes halogenated alkanes) is 1. The van der Waals surface area contributed by atoms with Gasteiger partial charge in [-0.1, -0.05) is 42.5 Å². The predicted molar refractivity (Wildman–Crippen MR) is 123 cm³/mol. The Morgan fingerprint density at radius 1 is 0.879 bits per heavy atom. The van der Waals surface area contributed by atoms with Crippen LogP contribution in [0, 0.1) is 0 Å². The second-order valence-electron chi connectivity index (χ2n) is 8.80. The highest BCUT2D eigenvalue weighted by Crippen LogP contribution is 2.16. The number of nitrogens with one attached hydrogen (secondary N) is 1. The number of benzene rings is 2. The van der Waals surface area contributed by atoms with Crippen molar-refractivity contribution in [1.29, 1.82) is 0 Å². The molecule has 0 aliphatic rings. The number of ether oxygens (including phenoxy) is 1. The molecule has 0 aliphatic heterocycles. The number of ketones is 1. The smallest absolute Gasteiger partial charge is 0.344 e. The summed E-state index contributed by atoms with van der Waals surface area (Å²) in [7, 11) is 0. The molecule has 0 saturated heterocycles. The maximum absolute atomic E-state index is 12.6. The second-order valence-corrected chi connectivity index (χ2v) is 8.80. The highest BCUT2D eigenvalue weighted by Gasteiger charge is 2.35. The zero-order valence-corrected chi connectivity index (χ0v) is 19.1. The van der Waals surface area contributed by atoms with Crippen molar-refractivity contribution in [2.75, 3.05) is 0 Å². The van der Waals surface area contributed by atoms with Crippen molar-refractivity contribution in [3.05, 3.63) is 71.3 Å². The van der Waals surface area contributed by atoms with Crippen LogP contribution in [-0.4, -0.2) is 40.0 Å². The molecular formula is C25H30N2O6. The van der Waals surface area contributed by atoms with E-state index in [0.717, 1.165) is 0 Å². The van der Waals surface area contributed by atoms with Gasteiger partial charge in [-0.15, -0.1) is 0 Å². The van der Waals surface area contributed by atoms with E-state index in [1.54, 1.807) is 45.0 Å². The van der Waals surface area contributed by atoms with Crippen LogP contribution in [0.4, 0.5) is 0 Å². The Hall–Kier alpha value is -3.52. The van der Waals surface area contributed by atoms with Crippen LogP contribution in [0.1, 0.15) is 72.7 Å². The lowest BCUT2D eigenvalue weighted by Gasteiger charge is -2.26. The molecule has 2 aromatic rings. The highest BCUT2D eigenvalue weighted by molar-refractivity contribution is 6.09. The lowest BCUT2D eigenvalue weighted by Crippen LogP contribution is -2.61. The average molecular weight is 455 g/mol. The maximum atomic E-state index is 12.6. The Morgan fingerprint density at radius 2 is 1.42 bits per heavy atom. The topological polar surface area (TPSA) is 136 Å². The van der Waals surface area contributed by atoms with Crippen molar-refractivity contribution in [3.8, 4) is 0 Å². The first-order chi connectivity index (χ1) is 15.4. The normalized spacial score (nSPS) is 13.0. The van der Waals surface area contributed by atoms with Gasteiger partial charge in [0.25, 0.3) is 5.91 Å². The SMILES string of the molecule is CC(C)(C)OC(=O)CCCCC(N)(NC(=O)c1ccc(C(=O)c2ccccc2)cc1)C(=O)O. The quantitative estimate of drug-likeness (QED) is 0.217. The molecule has 33 heavy (non-hydrogen) atoms. The van der Waals surface area contributed by atoms with E-state index in [1.165, 1.54) is 24.3 Å². The minimum Gasteiger partial charge on any atom is -0.478 e. The molecule has 0 heterocycles. The highest BCUT2D eigenvalue weighted by atomic mass is 16.6. The lowest BCUT2D eigenvalue weighted by molar-refractivity contribution is -0.154. The number of aliphatic carboxylic acids is 1. The number of carbonyl (C=O) groups excluding carboxylic acids is 3. The monoisotopic (exact) mass is 454 g/mol. The standard InChI is InChI=1S/C25H30N2O6/c1-24(2,3)33-20(28)11-7-8-16-25(26,23(31)32)27-22(30)19-14-12-18(13-15-19)21(29)17-9-5-4-6-10-17/h4-6,9-10,12-15H,7-8,11,16,26H2,1-3H3,(H,27,30)(H,31,32). The van der Waals surface area contributed by atoms with Crippen molar-refractivity contribution in [3.63, 3.8) is 0 Å². The molecule has 0 fully saturated rings. The third-order valence-electron chi connectivity index (χ3n) is 4.79. The van der Waals surface area contributed by atoms with Gasteiger partial charge in [0.1, 0.15) is 5.60 Å². The van der Waals surface area contributed by atoms with Crippen molar-refractivity contribution in [2.24, 2.45) is 5.73 Å². The average Bonchev–Trinajstić information content (AvgIpc) is 2.75. The molecule has 0 saturated carbocycles. The number of amides is 1. The van der Waals surface area contributed by atoms with Crippen molar-refractivity contribution >= 4 is 23.6 Å². The van der Waals surface area contributed by atoms with E-state index in [9.17, 15) is 24.3 Å². The van der Waals surface area contributed by atoms with Crippen molar-refractivity contribution < 1.29 is 29.0 Å². The van der Waals surface area contributed by atoms with Gasteiger partial charge in [0.2, 0.25) is 0 Å². The van der Waals surface area contributed by atoms with Crippen LogP contribution in [0.25, 0.3) is 0 Å². The number of hydrogen-bond donors (Lipinski definition) is 3. The van der Waals surface area contributed by atoms with Crippen LogP contribution in [0.2, 0.25) is 0 Å². The van der Waals surface area contributed by atoms with E-state index in [-0.39, 0.29) is 30.2 Å². The summed E-state index contributed by atoms with van der Waals surface area (Å²) in [5.41, 5.74) is 4.45. The summed E-state index contributed by atoms with van der Waals surface area (Å²) in [5.74, 6) is -2.63. The van der Waals surface area contributed by atoms with Gasteiger partial charge in [0.15, 0.2) is 11.4 Å². The lowest BCUT2D eigenvalue weighted by atomic mass is 10.00. The van der Waals surface area contributed by atoms with Gasteiger partial charge in [0, 0.05) is 23.1 Å². The molecule has 8 heteroatoms. The van der Waals surface area contributed by atoms with Gasteiger partial charge in [0.05, 0.1) is 0 Å². The minimum absolute atomic E-state index is 0.0680. The second kappa shape index (κ2) is 10.9. The summed E-state index contributed by atoms with van der Waals surface area (Å²) >= 11 is 0. The van der Waals surface area contributed by atoms with E-state index in [0.29, 0.717) is 24.0 Å². The van der Waals surface area contributed by atoms with Crippen LogP contribution >= 0.6 is 0 Å². The number of carbonyl (C=O) groups is 4. The van der Waals surface area contributed by atoms with E-state index < -0.39 is 23.1 Å². The molecule has 0 radical (unpaired) electrons. The van der Waals surface area contributed by atoms with Crippen LogP contribution in [0.5, 0.6) is 0 Å². The summed E-state index contributed by atoms with van der Waals surface area (Å²) in [5, 5.41) is 11.9. The summed E-state index contributed by atoms with van der Waals surface area (Å²) in [6.45, 7) is 5.29. The summed E-state index contributed by atoms with van der Waals surface area (Å²) in [6, 6.07) is 14.6. The van der Waals surface area contributed by atoms with Gasteiger partial charge in [-0.3, -0.25) is 20.1 Å². The molecule has 4 N–H and O–H groups in total. The number of carboxylic acids is 1. The van der Waals surface area contributed by atoms with Crippen LogP contribution < -0.4 is 11.1 Å². The number of nitrogens with two attached hydrogens (primary N) is 1. The Balaban J connectivity index is 1.96. The first kappa shape index (κ1) is 25.7. The maximum Gasteiger partial charge on any atom is 0.344 e. The van der Waals surface area contributed by atoms with E-state index in [1.807, 2.05) is 6.07 Å². The van der Waals surface area contributed by atoms with E-state index in [4.69, 9.17) is 10.5 Å². The summed E-state index contributed by atoms with van der Waals surface area (Å²) in [4.78, 5) is 48.6. The van der Waals surface area contributed by atoms with Crippen molar-refractivity contribution in [2.45, 2.75) is 57.7 Å². The minimum atomic E-state index is -2.00. The van der Waals surface area contributed by atoms with Gasteiger partial charge >= 0.3 is 11.9 Å². The fourth-order valence-corrected chi connectivity index (χ4v) is 3.09. The molecule has 0 spiro atoms. The largest absolute Gasteiger partial charge is 0.478 e. The molecule has 0 aliphatic carbocycles. The molecule has 0 aromatic heterocycles. The molecular weight excluding hydrogens is 424 g/mol. The molecule has 2 aromatic carbocycles. The van der Waals surface area contributed by atoms with Crippen LogP contribution in [0.15, 0.2) is 54.6 Å². The Labute approximate surface area is 193 Å². The number of carboxylic acid groups (broad SMARTS) is 1. The fourth-order valence-electron chi connectivity index (χ4n) is 3.09. The molecule has 1 atom stereocenters. The molecule has 2 rings (SSSR count). The Morgan fingerprint density at radius 3 is 1.97 bits per heavy atom. The first-order valence-electron chi connectivity index (χ1n) is 10.7. The molecule has 176 valence electrons. The third kappa shape index (κ3) is 7.84. The first-order valence-corrected chi connectivity index (χ1v) is 10.7. The van der Waals surface area contributed by atoms with Gasteiger partial charge in [-0.2, -0.15) is 0 Å². The number of esters is 1. The van der Waals surface area contributed by atoms with Crippen LogP contribution in [0.3, 0.4) is 0 Å². The zero-order chi connectivity index (χ0) is 24.6. The summed E-state index contributed by atoms with van der Waals surface area (Å²) in [6.07, 6.45) is 0.722. The molecule has 1 amide bonds. The Bertz CT molecular complexity index is 996. The predicted octanol–water partition coefficient (Wildman–Crippen LogP) is 3.29. The van der Waals surface area contributed by atoms with E-state index in [2.05, 4.69) is 5.32 Å². The molecule has 0 bridgehead atoms. The molecule has 1 unspecified atom stereocenters. The third-order valence-corrected chi connectivity index (χ3v) is 4.79. The molecule has 8 nitrogen and oxygen atoms in total. The zero-order valence-electron chi connectivity index (χ0n) is 19.1. The fraction of sp³-hybridized carbons (Fsp3) is 0.360. The summed E-state index contributed by atoms with van der Waals surface area (Å²) < 4.78 is 5.21. The van der Waals surface area contributed by atoms with Gasteiger partial charge in [-0.25, -0.2) is 4.79 Å². The number of hydrogen-bond acceptors (Lipinski definition) is 6. The van der Waals surface area contributed by atoms with Gasteiger partial charge < -0.3 is 15.2 Å².